The number of hydrogen-bond donors (Lipinski definition) is 0. The maximum absolute atomic E-state index is 14.2. The molecule has 172 valence electrons. The van der Waals surface area contributed by atoms with Crippen LogP contribution in [0.3, 0.4) is 0 Å². The molecular formula is C29H23N3O3. The Kier molecular flexibility index (Phi) is 5.51. The average Bonchev–Trinajstić information content (AvgIpc) is 3.23. The van der Waals surface area contributed by atoms with Crippen molar-refractivity contribution in [3.8, 4) is 23.6 Å². The van der Waals surface area contributed by atoms with E-state index in [-0.39, 0.29) is 5.78 Å². The molecule has 2 aliphatic rings. The summed E-state index contributed by atoms with van der Waals surface area (Å²) < 4.78 is 10.6. The van der Waals surface area contributed by atoms with Gasteiger partial charge in [0.15, 0.2) is 11.2 Å². The molecular weight excluding hydrogens is 438 g/mol. The zero-order chi connectivity index (χ0) is 24.6. The summed E-state index contributed by atoms with van der Waals surface area (Å²) in [6.07, 6.45) is 3.82. The molecule has 2 heterocycles. The fourth-order valence-corrected chi connectivity index (χ4v) is 5.35. The molecule has 5 rings (SSSR count). The Morgan fingerprint density at radius 3 is 2.09 bits per heavy atom. The lowest BCUT2D eigenvalue weighted by Crippen LogP contribution is -2.44. The summed E-state index contributed by atoms with van der Waals surface area (Å²) in [5, 5.41) is 21.0. The van der Waals surface area contributed by atoms with E-state index >= 15 is 0 Å². The third-order valence-corrected chi connectivity index (χ3v) is 7.03. The molecule has 0 aliphatic carbocycles. The predicted octanol–water partition coefficient (Wildman–Crippen LogP) is 4.99. The van der Waals surface area contributed by atoms with Gasteiger partial charge < -0.3 is 14.4 Å². The van der Waals surface area contributed by atoms with Gasteiger partial charge in [0.2, 0.25) is 0 Å². The molecule has 3 aromatic carbocycles. The second-order valence-corrected chi connectivity index (χ2v) is 8.65. The molecule has 0 N–H and O–H groups in total. The third kappa shape index (κ3) is 3.34. The molecule has 0 spiro atoms. The van der Waals surface area contributed by atoms with Gasteiger partial charge in [-0.25, -0.2) is 0 Å². The SMILES string of the molecule is COc1ccc(C(=O)[C@@H]2[C@@H](c3ccc(OC)cc3)C(C#N)(C#N)[C@H]3C=Cc4ccccc4N23)cc1. The summed E-state index contributed by atoms with van der Waals surface area (Å²) in [4.78, 5) is 16.1. The number of nitriles is 2. The molecule has 6 nitrogen and oxygen atoms in total. The van der Waals surface area contributed by atoms with Crippen LogP contribution >= 0.6 is 0 Å². The van der Waals surface area contributed by atoms with Crippen LogP contribution in [0.25, 0.3) is 6.08 Å². The van der Waals surface area contributed by atoms with Gasteiger partial charge in [0, 0.05) is 17.2 Å². The Bertz CT molecular complexity index is 1370. The van der Waals surface area contributed by atoms with Crippen LogP contribution in [0.15, 0.2) is 78.9 Å². The molecule has 0 radical (unpaired) electrons. The number of benzene rings is 3. The second kappa shape index (κ2) is 8.66. The summed E-state index contributed by atoms with van der Waals surface area (Å²) in [6.45, 7) is 0. The molecule has 2 aliphatic heterocycles. The number of carbonyl (C=O) groups excluding carboxylic acids is 1. The smallest absolute Gasteiger partial charge is 0.185 e. The van der Waals surface area contributed by atoms with E-state index in [0.717, 1.165) is 16.8 Å². The van der Waals surface area contributed by atoms with Crippen molar-refractivity contribution in [3.63, 3.8) is 0 Å². The van der Waals surface area contributed by atoms with E-state index in [2.05, 4.69) is 12.1 Å². The summed E-state index contributed by atoms with van der Waals surface area (Å²) >= 11 is 0. The quantitative estimate of drug-likeness (QED) is 0.498. The third-order valence-electron chi connectivity index (χ3n) is 7.03. The highest BCUT2D eigenvalue weighted by molar-refractivity contribution is 6.04. The van der Waals surface area contributed by atoms with Gasteiger partial charge in [-0.15, -0.1) is 0 Å². The van der Waals surface area contributed by atoms with Crippen LogP contribution in [0.2, 0.25) is 0 Å². The minimum absolute atomic E-state index is 0.157. The van der Waals surface area contributed by atoms with Crippen LogP contribution in [0, 0.1) is 28.1 Å². The highest BCUT2D eigenvalue weighted by Crippen LogP contribution is 2.55. The molecule has 0 unspecified atom stereocenters. The topological polar surface area (TPSA) is 86.3 Å². The van der Waals surface area contributed by atoms with Crippen LogP contribution in [0.5, 0.6) is 11.5 Å². The van der Waals surface area contributed by atoms with Gasteiger partial charge in [0.1, 0.15) is 17.5 Å². The number of hydrogen-bond acceptors (Lipinski definition) is 6. The van der Waals surface area contributed by atoms with Crippen molar-refractivity contribution in [3.05, 3.63) is 95.6 Å². The predicted molar refractivity (Wildman–Crippen MR) is 132 cm³/mol. The lowest BCUT2D eigenvalue weighted by molar-refractivity contribution is 0.0951. The number of methoxy groups -OCH3 is 2. The fraction of sp³-hybridized carbons (Fsp3) is 0.207. The summed E-state index contributed by atoms with van der Waals surface area (Å²) in [6, 6.07) is 25.3. The summed E-state index contributed by atoms with van der Waals surface area (Å²) in [5.41, 5.74) is 1.52. The van der Waals surface area contributed by atoms with Gasteiger partial charge in [0.05, 0.1) is 32.4 Å². The minimum Gasteiger partial charge on any atom is -0.497 e. The molecule has 35 heavy (non-hydrogen) atoms. The number of ketones is 1. The Morgan fingerprint density at radius 1 is 0.886 bits per heavy atom. The first-order chi connectivity index (χ1) is 17.1. The maximum Gasteiger partial charge on any atom is 0.185 e. The Morgan fingerprint density at radius 2 is 1.49 bits per heavy atom. The Hall–Kier alpha value is -4.55. The highest BCUT2D eigenvalue weighted by atomic mass is 16.5. The van der Waals surface area contributed by atoms with E-state index in [1.807, 2.05) is 53.5 Å². The van der Waals surface area contributed by atoms with Crippen molar-refractivity contribution >= 4 is 17.5 Å². The van der Waals surface area contributed by atoms with E-state index in [1.165, 1.54) is 0 Å². The molecule has 3 atom stereocenters. The first kappa shape index (κ1) is 22.3. The largest absolute Gasteiger partial charge is 0.497 e. The second-order valence-electron chi connectivity index (χ2n) is 8.65. The average molecular weight is 462 g/mol. The molecule has 6 heteroatoms. The normalized spacial score (nSPS) is 21.3. The number of nitrogens with zero attached hydrogens (tertiary/aromatic N) is 3. The standard InChI is InChI=1S/C29H23N3O3/c1-34-22-12-7-20(8-13-22)26-27(28(33)21-9-14-23(35-2)15-10-21)32-24-6-4-3-5-19(24)11-16-25(32)29(26,17-30)18-31/h3-16,25-27H,1-2H3/t25-,26-,27+/m1/s1. The van der Waals surface area contributed by atoms with E-state index in [9.17, 15) is 15.3 Å². The molecule has 0 saturated carbocycles. The van der Waals surface area contributed by atoms with Crippen molar-refractivity contribution in [2.75, 3.05) is 19.1 Å². The number of carbonyl (C=O) groups is 1. The number of fused-ring (bicyclic) bond motifs is 3. The molecule has 0 aromatic heterocycles. The van der Waals surface area contributed by atoms with Crippen LogP contribution in [-0.4, -0.2) is 32.1 Å². The van der Waals surface area contributed by atoms with E-state index in [4.69, 9.17) is 9.47 Å². The number of anilines is 1. The van der Waals surface area contributed by atoms with Gasteiger partial charge >= 0.3 is 0 Å². The van der Waals surface area contributed by atoms with Gasteiger partial charge in [-0.3, -0.25) is 4.79 Å². The first-order valence-electron chi connectivity index (χ1n) is 11.3. The van der Waals surface area contributed by atoms with Crippen molar-refractivity contribution in [2.24, 2.45) is 5.41 Å². The zero-order valence-corrected chi connectivity index (χ0v) is 19.4. The zero-order valence-electron chi connectivity index (χ0n) is 19.4. The van der Waals surface area contributed by atoms with Crippen LogP contribution in [-0.2, 0) is 0 Å². The Labute approximate surface area is 204 Å². The van der Waals surface area contributed by atoms with Crippen LogP contribution in [0.1, 0.15) is 27.4 Å². The van der Waals surface area contributed by atoms with Gasteiger partial charge in [0.25, 0.3) is 0 Å². The van der Waals surface area contributed by atoms with Crippen molar-refractivity contribution < 1.29 is 14.3 Å². The minimum atomic E-state index is -1.48. The number of Topliss-reactive ketones (excluding diaryl/α,β-unsaturated/α-hetero) is 1. The van der Waals surface area contributed by atoms with Crippen molar-refractivity contribution in [1.29, 1.82) is 10.5 Å². The lowest BCUT2D eigenvalue weighted by atomic mass is 9.69. The molecule has 3 aromatic rings. The fourth-order valence-electron chi connectivity index (χ4n) is 5.35. The van der Waals surface area contributed by atoms with E-state index in [1.54, 1.807) is 50.6 Å². The number of rotatable bonds is 5. The molecule has 1 saturated heterocycles. The number of ether oxygens (including phenoxy) is 2. The van der Waals surface area contributed by atoms with Crippen molar-refractivity contribution in [2.45, 2.75) is 18.0 Å². The lowest BCUT2D eigenvalue weighted by Gasteiger charge is -2.35. The molecule has 1 fully saturated rings. The Balaban J connectivity index is 1.74. The van der Waals surface area contributed by atoms with Gasteiger partial charge in [-0.05, 0) is 53.6 Å². The summed E-state index contributed by atoms with van der Waals surface area (Å²) in [5.74, 6) is 0.453. The monoisotopic (exact) mass is 461 g/mol. The van der Waals surface area contributed by atoms with Gasteiger partial charge in [-0.1, -0.05) is 42.5 Å². The van der Waals surface area contributed by atoms with Crippen LogP contribution < -0.4 is 14.4 Å². The van der Waals surface area contributed by atoms with Gasteiger partial charge in [-0.2, -0.15) is 10.5 Å². The number of para-hydroxylation sites is 1. The van der Waals surface area contributed by atoms with E-state index < -0.39 is 23.4 Å². The first-order valence-corrected chi connectivity index (χ1v) is 11.3. The summed E-state index contributed by atoms with van der Waals surface area (Å²) in [7, 11) is 3.15. The van der Waals surface area contributed by atoms with Crippen LogP contribution in [0.4, 0.5) is 5.69 Å². The van der Waals surface area contributed by atoms with E-state index in [0.29, 0.717) is 17.1 Å². The maximum atomic E-state index is 14.2. The highest BCUT2D eigenvalue weighted by Gasteiger charge is 2.63. The van der Waals surface area contributed by atoms with Crippen molar-refractivity contribution in [1.82, 2.24) is 0 Å². The molecule has 0 amide bonds. The molecule has 0 bridgehead atoms.